The van der Waals surface area contributed by atoms with Crippen molar-refractivity contribution in [1.82, 2.24) is 60.0 Å². The van der Waals surface area contributed by atoms with E-state index in [2.05, 4.69) is 41.3 Å². The molecule has 0 radical (unpaired) electrons. The number of aliphatic hydroxyl groups is 1. The molecule has 2 aromatic carbocycles. The molecule has 1 aliphatic carbocycles. The molecule has 2 aliphatic heterocycles. The number of likely N-dealkylation sites (tertiary alicyclic amines) is 1. The average molecular weight is 1140 g/mol. The molecule has 7 N–H and O–H groups in total. The Morgan fingerprint density at radius 1 is 0.915 bits per heavy atom. The number of rotatable bonds is 24. The lowest BCUT2D eigenvalue weighted by molar-refractivity contribution is -0.148. The van der Waals surface area contributed by atoms with Crippen LogP contribution in [0, 0.1) is 25.6 Å². The molecule has 7 aromatic rings. The third-order valence-corrected chi connectivity index (χ3v) is 17.1. The number of carbonyl (C=O) groups excluding carboxylic acids is 5. The van der Waals surface area contributed by atoms with Crippen molar-refractivity contribution in [3.63, 3.8) is 0 Å². The number of nitrogens with zero attached hydrogens (tertiary/aromatic N) is 9. The number of imidazole rings is 1. The monoisotopic (exact) mass is 1140 g/mol. The lowest BCUT2D eigenvalue weighted by Crippen LogP contribution is -2.61. The topological polar surface area (TPSA) is 275 Å². The molecular weight excluding hydrogens is 1070 g/mol. The summed E-state index contributed by atoms with van der Waals surface area (Å²) in [6.45, 7) is 10.2. The molecule has 0 bridgehead atoms. The van der Waals surface area contributed by atoms with Crippen molar-refractivity contribution in [2.75, 3.05) is 57.7 Å². The third-order valence-electron chi connectivity index (χ3n) is 16.1. The molecule has 3 aliphatic rings. The number of hydrogen-bond donors (Lipinski definition) is 6. The van der Waals surface area contributed by atoms with Crippen LogP contribution in [0.15, 0.2) is 83.4 Å². The smallest absolute Gasteiger partial charge is 0.254 e. The highest BCUT2D eigenvalue weighted by Crippen LogP contribution is 2.47. The van der Waals surface area contributed by atoms with Crippen LogP contribution in [0.2, 0.25) is 0 Å². The zero-order chi connectivity index (χ0) is 57.7. The minimum atomic E-state index is -1.74. The average Bonchev–Trinajstić information content (AvgIpc) is 3.64. The molecule has 2 saturated heterocycles. The number of nitrogens with one attached hydrogen (secondary N) is 4. The van der Waals surface area contributed by atoms with E-state index in [1.165, 1.54) is 22.3 Å². The number of thiazole rings is 1. The maximum Gasteiger partial charge on any atom is 0.254 e. The van der Waals surface area contributed by atoms with Gasteiger partial charge in [-0.2, -0.15) is 5.10 Å². The number of anilines is 2. The molecule has 23 heteroatoms. The number of hydrogen-bond acceptors (Lipinski definition) is 15. The number of unbranched alkanes of at least 4 members (excludes halogenated alkanes) is 4. The summed E-state index contributed by atoms with van der Waals surface area (Å²) in [5.41, 5.74) is 12.9. The van der Waals surface area contributed by atoms with Gasteiger partial charge in [0.2, 0.25) is 23.6 Å². The fourth-order valence-corrected chi connectivity index (χ4v) is 12.4. The van der Waals surface area contributed by atoms with E-state index in [0.717, 1.165) is 71.6 Å². The number of H-pyrrole nitrogens is 1. The molecule has 3 fully saturated rings. The maximum atomic E-state index is 15.7. The second kappa shape index (κ2) is 25.1. The molecule has 1 saturated carbocycles. The highest BCUT2D eigenvalue weighted by atomic mass is 32.1. The first-order chi connectivity index (χ1) is 39.6. The van der Waals surface area contributed by atoms with Crippen molar-refractivity contribution in [3.8, 4) is 21.7 Å². The highest BCUT2D eigenvalue weighted by Gasteiger charge is 2.59. The Morgan fingerprint density at radius 2 is 1.65 bits per heavy atom. The SMILES string of the molecule is Cc1cc([C@H](C(=O)N2CC(O)CC2(C(N)=O)[C@@H](CC(=O)NCCCCCCCNC(=O)CN2CCN(C(=O)c3ccc(Nc4nc(C5CC5)cn5c(-c6cn[nH]c6)cnc45)c(F)c3)CC2)c2ccc(-c3scnc3C)cc2)C(C)C)on1. The number of β-amino-alcohol motifs (C(OH)–C–C–N with tert-alkyl or cyclic N) is 1. The minimum Gasteiger partial charge on any atom is -0.391 e. The molecule has 0 spiro atoms. The van der Waals surface area contributed by atoms with E-state index in [1.807, 2.05) is 60.5 Å². The first kappa shape index (κ1) is 57.3. The van der Waals surface area contributed by atoms with Gasteiger partial charge in [0.25, 0.3) is 5.91 Å². The van der Waals surface area contributed by atoms with E-state index in [4.69, 9.17) is 15.2 Å². The number of aromatic nitrogens is 7. The van der Waals surface area contributed by atoms with Crippen molar-refractivity contribution in [2.45, 2.75) is 115 Å². The van der Waals surface area contributed by atoms with Crippen LogP contribution < -0.4 is 21.7 Å². The van der Waals surface area contributed by atoms with Crippen molar-refractivity contribution in [3.05, 3.63) is 119 Å². The van der Waals surface area contributed by atoms with Crippen LogP contribution in [0.1, 0.15) is 128 Å². The fourth-order valence-electron chi connectivity index (χ4n) is 11.6. The van der Waals surface area contributed by atoms with E-state index in [0.29, 0.717) is 80.1 Å². The second-order valence-corrected chi connectivity index (χ2v) is 23.2. The van der Waals surface area contributed by atoms with Gasteiger partial charge < -0.3 is 41.1 Å². The van der Waals surface area contributed by atoms with Gasteiger partial charge in [0.1, 0.15) is 23.0 Å². The molecule has 10 rings (SSSR count). The number of piperazine rings is 1. The summed E-state index contributed by atoms with van der Waals surface area (Å²) in [5, 5.41) is 31.4. The standard InChI is InChI=1S/C59H71FN14O7S/c1-35(2)52(49-24-36(3)70-81-49)57(79)74-31-43(75)27-59(74,58(61)80)44(38-10-14-40(15-11-38)53-37(4)65-34-82-53)26-50(76)62-18-8-6-5-7-9-19-63-51(77)33-71-20-22-72(23-21-71)56(78)41-16-17-46(45(60)25-41)68-54-55-64-30-48(42-28-66-67-29-42)73(55)32-47(69-54)39-12-13-39/h10-11,14-17,24-25,28-30,32,34-35,39,43-44,52,75H,5-9,12-13,18-23,26-27,31,33H2,1-4H3,(H2,61,80)(H,62,76)(H,63,77)(H,66,67)(H,68,69)/t43?,44-,52+,59?/m0/s1. The Kier molecular flexibility index (Phi) is 17.5. The Bertz CT molecular complexity index is 3400. The van der Waals surface area contributed by atoms with E-state index in [1.54, 1.807) is 54.1 Å². The summed E-state index contributed by atoms with van der Waals surface area (Å²) >= 11 is 1.51. The van der Waals surface area contributed by atoms with Gasteiger partial charge in [-0.1, -0.05) is 62.5 Å². The third kappa shape index (κ3) is 12.6. The van der Waals surface area contributed by atoms with Crippen molar-refractivity contribution < 1.29 is 38.0 Å². The van der Waals surface area contributed by atoms with Gasteiger partial charge in [0.05, 0.1) is 63.9 Å². The number of aromatic amines is 1. The van der Waals surface area contributed by atoms with E-state index >= 15 is 4.39 Å². The summed E-state index contributed by atoms with van der Waals surface area (Å²) < 4.78 is 23.2. The first-order valence-corrected chi connectivity index (χ1v) is 29.2. The fraction of sp³-hybridized carbons (Fsp3) is 0.458. The molecule has 5 amide bonds. The van der Waals surface area contributed by atoms with Gasteiger partial charge in [-0.15, -0.1) is 11.3 Å². The quantitative estimate of drug-likeness (QED) is 0.0333. The molecule has 4 atom stereocenters. The number of aryl methyl sites for hydroxylation is 2. The molecule has 21 nitrogen and oxygen atoms in total. The van der Waals surface area contributed by atoms with E-state index < -0.39 is 41.1 Å². The number of primary amides is 1. The lowest BCUT2D eigenvalue weighted by Gasteiger charge is -2.43. The number of benzene rings is 2. The van der Waals surface area contributed by atoms with Crippen molar-refractivity contribution >= 4 is 58.0 Å². The van der Waals surface area contributed by atoms with Crippen LogP contribution in [0.5, 0.6) is 0 Å². The number of carbonyl (C=O) groups is 5. The van der Waals surface area contributed by atoms with Gasteiger partial charge in [0.15, 0.2) is 11.5 Å². The van der Waals surface area contributed by atoms with E-state index in [9.17, 15) is 29.1 Å². The predicted molar refractivity (Wildman–Crippen MR) is 306 cm³/mol. The Balaban J connectivity index is 0.660. The number of amides is 5. The highest BCUT2D eigenvalue weighted by molar-refractivity contribution is 7.13. The molecule has 432 valence electrons. The summed E-state index contributed by atoms with van der Waals surface area (Å²) in [6.07, 6.45) is 12.0. The van der Waals surface area contributed by atoms with Crippen LogP contribution in [-0.2, 0) is 19.2 Å². The van der Waals surface area contributed by atoms with Crippen LogP contribution in [0.3, 0.4) is 0 Å². The number of fused-ring (bicyclic) bond motifs is 1. The molecule has 7 heterocycles. The van der Waals surface area contributed by atoms with Gasteiger partial charge in [-0.3, -0.25) is 38.4 Å². The molecular formula is C59H71FN14O7S. The van der Waals surface area contributed by atoms with Crippen molar-refractivity contribution in [2.24, 2.45) is 11.7 Å². The summed E-state index contributed by atoms with van der Waals surface area (Å²) in [7, 11) is 0. The summed E-state index contributed by atoms with van der Waals surface area (Å²) in [6, 6.07) is 13.6. The van der Waals surface area contributed by atoms with E-state index in [-0.39, 0.29) is 60.8 Å². The van der Waals surface area contributed by atoms with Crippen LogP contribution in [0.4, 0.5) is 15.9 Å². The minimum absolute atomic E-state index is 0.0957. The predicted octanol–water partition coefficient (Wildman–Crippen LogP) is 6.98. The lowest BCUT2D eigenvalue weighted by atomic mass is 9.73. The summed E-state index contributed by atoms with van der Waals surface area (Å²) in [5.74, 6) is -3.43. The van der Waals surface area contributed by atoms with Crippen LogP contribution >= 0.6 is 11.3 Å². The zero-order valence-electron chi connectivity index (χ0n) is 46.7. The Hall–Kier alpha value is -7.89. The van der Waals surface area contributed by atoms with Gasteiger partial charge >= 0.3 is 0 Å². The zero-order valence-corrected chi connectivity index (χ0v) is 47.5. The number of halogens is 1. The summed E-state index contributed by atoms with van der Waals surface area (Å²) in [4.78, 5) is 89.0. The van der Waals surface area contributed by atoms with Crippen LogP contribution in [-0.4, -0.2) is 148 Å². The Morgan fingerprint density at radius 3 is 2.28 bits per heavy atom. The Labute approximate surface area is 478 Å². The van der Waals surface area contributed by atoms with Crippen LogP contribution in [0.25, 0.3) is 27.3 Å². The normalized spacial score (nSPS) is 18.3. The van der Waals surface area contributed by atoms with Gasteiger partial charge in [-0.05, 0) is 74.8 Å². The second-order valence-electron chi connectivity index (χ2n) is 22.3. The largest absolute Gasteiger partial charge is 0.391 e. The molecule has 82 heavy (non-hydrogen) atoms. The number of aliphatic hydroxyl groups excluding tert-OH is 1. The van der Waals surface area contributed by atoms with Gasteiger partial charge in [-0.25, -0.2) is 19.3 Å². The molecule has 5 aromatic heterocycles. The maximum absolute atomic E-state index is 15.7. The number of nitrogens with two attached hydrogens (primary N) is 1. The van der Waals surface area contributed by atoms with Crippen molar-refractivity contribution in [1.29, 1.82) is 0 Å². The first-order valence-electron chi connectivity index (χ1n) is 28.3. The van der Waals surface area contributed by atoms with Gasteiger partial charge in [0, 0.05) is 100 Å². The molecule has 2 unspecified atom stereocenters.